The van der Waals surface area contributed by atoms with E-state index in [0.29, 0.717) is 11.5 Å². The lowest BCUT2D eigenvalue weighted by molar-refractivity contribution is -0.122. The van der Waals surface area contributed by atoms with Gasteiger partial charge in [-0.3, -0.25) is 10.1 Å². The van der Waals surface area contributed by atoms with Crippen molar-refractivity contribution in [2.75, 3.05) is 21.3 Å². The van der Waals surface area contributed by atoms with Crippen molar-refractivity contribution in [1.82, 2.24) is 10.6 Å². The second kappa shape index (κ2) is 6.99. The summed E-state index contributed by atoms with van der Waals surface area (Å²) in [5.74, 6) is 1.34. The molecule has 0 aliphatic heterocycles. The van der Waals surface area contributed by atoms with E-state index in [-0.39, 0.29) is 18.0 Å². The van der Waals surface area contributed by atoms with Crippen molar-refractivity contribution < 1.29 is 14.3 Å². The van der Waals surface area contributed by atoms with Gasteiger partial charge in [0.15, 0.2) is 11.5 Å². The predicted molar refractivity (Wildman–Crippen MR) is 74.6 cm³/mol. The van der Waals surface area contributed by atoms with Crippen LogP contribution in [0.15, 0.2) is 18.2 Å². The third-order valence-corrected chi connectivity index (χ3v) is 3.05. The minimum absolute atomic E-state index is 0.0344. The Hall–Kier alpha value is -1.75. The average molecular weight is 266 g/mol. The molecular weight excluding hydrogens is 244 g/mol. The summed E-state index contributed by atoms with van der Waals surface area (Å²) in [7, 11) is 4.83. The Morgan fingerprint density at radius 1 is 1.16 bits per heavy atom. The lowest BCUT2D eigenvalue weighted by atomic mass is 10.1. The van der Waals surface area contributed by atoms with Crippen LogP contribution in [0, 0.1) is 0 Å². The SMILES string of the molecule is CNC(=O)C(C)NC(C)c1ccc(OC)c(OC)c1. The summed E-state index contributed by atoms with van der Waals surface area (Å²) in [6, 6.07) is 5.50. The molecule has 5 heteroatoms. The highest BCUT2D eigenvalue weighted by Gasteiger charge is 2.16. The Kier molecular flexibility index (Phi) is 5.63. The molecule has 0 heterocycles. The molecule has 0 spiro atoms. The molecule has 0 saturated heterocycles. The van der Waals surface area contributed by atoms with Crippen LogP contribution in [0.25, 0.3) is 0 Å². The molecule has 2 N–H and O–H groups in total. The lowest BCUT2D eigenvalue weighted by Crippen LogP contribution is -2.41. The van der Waals surface area contributed by atoms with E-state index in [2.05, 4.69) is 10.6 Å². The van der Waals surface area contributed by atoms with Crippen molar-refractivity contribution in [3.63, 3.8) is 0 Å². The van der Waals surface area contributed by atoms with Gasteiger partial charge in [-0.15, -0.1) is 0 Å². The fraction of sp³-hybridized carbons (Fsp3) is 0.500. The van der Waals surface area contributed by atoms with Gasteiger partial charge >= 0.3 is 0 Å². The van der Waals surface area contributed by atoms with Gasteiger partial charge in [0.25, 0.3) is 0 Å². The second-order valence-corrected chi connectivity index (χ2v) is 4.34. The minimum Gasteiger partial charge on any atom is -0.493 e. The highest BCUT2D eigenvalue weighted by atomic mass is 16.5. The Morgan fingerprint density at radius 3 is 2.32 bits per heavy atom. The van der Waals surface area contributed by atoms with E-state index in [1.165, 1.54) is 0 Å². The molecule has 1 amide bonds. The molecule has 1 aromatic carbocycles. The molecular formula is C14H22N2O3. The van der Waals surface area contributed by atoms with Gasteiger partial charge in [-0.1, -0.05) is 6.07 Å². The van der Waals surface area contributed by atoms with Gasteiger partial charge in [0, 0.05) is 13.1 Å². The highest BCUT2D eigenvalue weighted by molar-refractivity contribution is 5.80. The molecule has 2 unspecified atom stereocenters. The van der Waals surface area contributed by atoms with Crippen molar-refractivity contribution in [3.8, 4) is 11.5 Å². The minimum atomic E-state index is -0.256. The highest BCUT2D eigenvalue weighted by Crippen LogP contribution is 2.29. The van der Waals surface area contributed by atoms with Gasteiger partial charge in [0.05, 0.1) is 20.3 Å². The molecule has 0 aromatic heterocycles. The molecule has 0 radical (unpaired) electrons. The molecule has 0 aliphatic rings. The number of benzene rings is 1. The van der Waals surface area contributed by atoms with Crippen LogP contribution in [0.4, 0.5) is 0 Å². The normalized spacial score (nSPS) is 13.5. The van der Waals surface area contributed by atoms with Crippen molar-refractivity contribution in [2.45, 2.75) is 25.9 Å². The first-order valence-electron chi connectivity index (χ1n) is 6.23. The van der Waals surface area contributed by atoms with Crippen LogP contribution in [0.5, 0.6) is 11.5 Å². The third-order valence-electron chi connectivity index (χ3n) is 3.05. The summed E-state index contributed by atoms with van der Waals surface area (Å²) < 4.78 is 10.5. The smallest absolute Gasteiger partial charge is 0.236 e. The monoisotopic (exact) mass is 266 g/mol. The summed E-state index contributed by atoms with van der Waals surface area (Å²) in [5, 5.41) is 5.84. The zero-order valence-corrected chi connectivity index (χ0v) is 12.1. The zero-order chi connectivity index (χ0) is 14.4. The molecule has 19 heavy (non-hydrogen) atoms. The van der Waals surface area contributed by atoms with E-state index >= 15 is 0 Å². The van der Waals surface area contributed by atoms with Crippen molar-refractivity contribution >= 4 is 5.91 Å². The topological polar surface area (TPSA) is 59.6 Å². The zero-order valence-electron chi connectivity index (χ0n) is 12.1. The Balaban J connectivity index is 2.82. The van der Waals surface area contributed by atoms with Crippen LogP contribution in [0.3, 0.4) is 0 Å². The number of nitrogens with one attached hydrogen (secondary N) is 2. The number of hydrogen-bond donors (Lipinski definition) is 2. The maximum atomic E-state index is 11.5. The molecule has 5 nitrogen and oxygen atoms in total. The fourth-order valence-electron chi connectivity index (χ4n) is 1.89. The quantitative estimate of drug-likeness (QED) is 0.819. The number of likely N-dealkylation sites (N-methyl/N-ethyl adjacent to an activating group) is 1. The largest absolute Gasteiger partial charge is 0.493 e. The number of rotatable bonds is 6. The second-order valence-electron chi connectivity index (χ2n) is 4.34. The van der Waals surface area contributed by atoms with Crippen LogP contribution < -0.4 is 20.1 Å². The molecule has 0 saturated carbocycles. The molecule has 1 aromatic rings. The Labute approximate surface area is 114 Å². The van der Waals surface area contributed by atoms with E-state index in [1.807, 2.05) is 32.0 Å². The van der Waals surface area contributed by atoms with Gasteiger partial charge in [-0.05, 0) is 31.5 Å². The van der Waals surface area contributed by atoms with E-state index in [0.717, 1.165) is 5.56 Å². The van der Waals surface area contributed by atoms with Gasteiger partial charge in [0.2, 0.25) is 5.91 Å². The van der Waals surface area contributed by atoms with E-state index in [4.69, 9.17) is 9.47 Å². The summed E-state index contributed by atoms with van der Waals surface area (Å²) in [5.41, 5.74) is 1.04. The Morgan fingerprint density at radius 2 is 1.79 bits per heavy atom. The number of carbonyl (C=O) groups is 1. The Bertz CT molecular complexity index is 435. The van der Waals surface area contributed by atoms with Crippen molar-refractivity contribution in [2.24, 2.45) is 0 Å². The number of methoxy groups -OCH3 is 2. The number of ether oxygens (including phenoxy) is 2. The lowest BCUT2D eigenvalue weighted by Gasteiger charge is -2.20. The van der Waals surface area contributed by atoms with Crippen LogP contribution in [-0.2, 0) is 4.79 Å². The number of carbonyl (C=O) groups excluding carboxylic acids is 1. The maximum Gasteiger partial charge on any atom is 0.236 e. The van der Waals surface area contributed by atoms with Gasteiger partial charge in [0.1, 0.15) is 0 Å². The summed E-state index contributed by atoms with van der Waals surface area (Å²) >= 11 is 0. The maximum absolute atomic E-state index is 11.5. The summed E-state index contributed by atoms with van der Waals surface area (Å²) in [6.45, 7) is 3.83. The standard InChI is InChI=1S/C14H22N2O3/c1-9(16-10(2)14(17)15-3)11-6-7-12(18-4)13(8-11)19-5/h6-10,16H,1-5H3,(H,15,17). The van der Waals surface area contributed by atoms with Crippen LogP contribution in [0.1, 0.15) is 25.5 Å². The van der Waals surface area contributed by atoms with E-state index in [1.54, 1.807) is 21.3 Å². The van der Waals surface area contributed by atoms with E-state index < -0.39 is 0 Å². The predicted octanol–water partition coefficient (Wildman–Crippen LogP) is 1.49. The fourth-order valence-corrected chi connectivity index (χ4v) is 1.89. The third kappa shape index (κ3) is 3.86. The van der Waals surface area contributed by atoms with E-state index in [9.17, 15) is 4.79 Å². The number of amides is 1. The molecule has 1 rings (SSSR count). The molecule has 0 aliphatic carbocycles. The average Bonchev–Trinajstić information content (AvgIpc) is 2.45. The summed E-state index contributed by atoms with van der Waals surface area (Å²) in [4.78, 5) is 11.5. The summed E-state index contributed by atoms with van der Waals surface area (Å²) in [6.07, 6.45) is 0. The van der Waals surface area contributed by atoms with Gasteiger partial charge < -0.3 is 14.8 Å². The molecule has 0 bridgehead atoms. The molecule has 0 fully saturated rings. The van der Waals surface area contributed by atoms with Crippen molar-refractivity contribution in [1.29, 1.82) is 0 Å². The van der Waals surface area contributed by atoms with Crippen LogP contribution in [-0.4, -0.2) is 33.2 Å². The van der Waals surface area contributed by atoms with Crippen LogP contribution in [0.2, 0.25) is 0 Å². The number of hydrogen-bond acceptors (Lipinski definition) is 4. The first-order chi connectivity index (χ1) is 9.03. The molecule has 106 valence electrons. The van der Waals surface area contributed by atoms with Gasteiger partial charge in [-0.25, -0.2) is 0 Å². The van der Waals surface area contributed by atoms with Crippen LogP contribution >= 0.6 is 0 Å². The van der Waals surface area contributed by atoms with Crippen molar-refractivity contribution in [3.05, 3.63) is 23.8 Å². The first kappa shape index (κ1) is 15.3. The first-order valence-corrected chi connectivity index (χ1v) is 6.23. The van der Waals surface area contributed by atoms with Gasteiger partial charge in [-0.2, -0.15) is 0 Å². The molecule has 2 atom stereocenters.